The molecular weight excluding hydrogens is 216 g/mol. The molecule has 0 radical (unpaired) electrons. The van der Waals surface area contributed by atoms with Crippen molar-refractivity contribution in [3.8, 4) is 0 Å². The van der Waals surface area contributed by atoms with Crippen molar-refractivity contribution in [2.24, 2.45) is 12.8 Å². The maximum atomic E-state index is 11.6. The molecule has 0 spiro atoms. The number of esters is 1. The van der Waals surface area contributed by atoms with Crippen molar-refractivity contribution in [1.29, 1.82) is 0 Å². The smallest absolute Gasteiger partial charge is 0.354 e. The Labute approximate surface area is 102 Å². The quantitative estimate of drug-likeness (QED) is 0.807. The summed E-state index contributed by atoms with van der Waals surface area (Å²) in [6.07, 6.45) is 6.64. The van der Waals surface area contributed by atoms with Gasteiger partial charge in [-0.2, -0.15) is 0 Å². The second-order valence-corrected chi connectivity index (χ2v) is 4.89. The maximum Gasteiger partial charge on any atom is 0.354 e. The summed E-state index contributed by atoms with van der Waals surface area (Å²) in [6.45, 7) is 0.697. The van der Waals surface area contributed by atoms with Crippen molar-refractivity contribution in [1.82, 2.24) is 4.57 Å². The van der Waals surface area contributed by atoms with Crippen molar-refractivity contribution < 1.29 is 9.53 Å². The van der Waals surface area contributed by atoms with E-state index < -0.39 is 0 Å². The molecule has 0 aromatic carbocycles. The molecule has 0 atom stereocenters. The van der Waals surface area contributed by atoms with Crippen LogP contribution in [0.3, 0.4) is 0 Å². The lowest BCUT2D eigenvalue weighted by molar-refractivity contribution is 0.0590. The highest BCUT2D eigenvalue weighted by atomic mass is 16.5. The van der Waals surface area contributed by atoms with Crippen LogP contribution < -0.4 is 5.73 Å². The average molecular weight is 236 g/mol. The molecule has 0 bridgehead atoms. The van der Waals surface area contributed by atoms with Gasteiger partial charge in [-0.05, 0) is 42.9 Å². The van der Waals surface area contributed by atoms with E-state index in [2.05, 4.69) is 0 Å². The molecule has 4 heteroatoms. The number of carbonyl (C=O) groups is 1. The predicted octanol–water partition coefficient (Wildman–Crippen LogP) is 1.58. The van der Waals surface area contributed by atoms with E-state index in [0.717, 1.165) is 6.42 Å². The van der Waals surface area contributed by atoms with Crippen molar-refractivity contribution in [3.63, 3.8) is 0 Å². The molecular formula is C13H20N2O2. The first-order valence-electron chi connectivity index (χ1n) is 6.08. The molecule has 1 aliphatic carbocycles. The van der Waals surface area contributed by atoms with Crippen LogP contribution in [0.15, 0.2) is 12.3 Å². The average Bonchev–Trinajstić information content (AvgIpc) is 2.65. The number of carbonyl (C=O) groups excluding carboxylic acids is 1. The monoisotopic (exact) mass is 236 g/mol. The van der Waals surface area contributed by atoms with Gasteiger partial charge >= 0.3 is 5.97 Å². The number of aryl methyl sites for hydroxylation is 1. The molecule has 1 heterocycles. The largest absolute Gasteiger partial charge is 0.464 e. The standard InChI is InChI=1S/C13H20N2O2/c1-15-9-10(8-11(15)12(16)17-2)13(6-7-14)4-3-5-13/h8-9H,3-7,14H2,1-2H3. The van der Waals surface area contributed by atoms with E-state index in [9.17, 15) is 4.79 Å². The third-order valence-corrected chi connectivity index (χ3v) is 3.95. The highest BCUT2D eigenvalue weighted by molar-refractivity contribution is 5.88. The first-order chi connectivity index (χ1) is 8.13. The van der Waals surface area contributed by atoms with Gasteiger partial charge in [0.05, 0.1) is 7.11 Å². The molecule has 0 amide bonds. The van der Waals surface area contributed by atoms with E-state index in [1.807, 2.05) is 23.9 Å². The predicted molar refractivity (Wildman–Crippen MR) is 66.0 cm³/mol. The lowest BCUT2D eigenvalue weighted by atomic mass is 9.63. The zero-order valence-electron chi connectivity index (χ0n) is 10.5. The minimum absolute atomic E-state index is 0.207. The van der Waals surface area contributed by atoms with E-state index in [0.29, 0.717) is 12.2 Å². The van der Waals surface area contributed by atoms with Crippen LogP contribution in [-0.4, -0.2) is 24.2 Å². The molecule has 1 aromatic heterocycles. The van der Waals surface area contributed by atoms with Gasteiger partial charge in [-0.1, -0.05) is 6.42 Å². The van der Waals surface area contributed by atoms with Crippen LogP contribution in [0.2, 0.25) is 0 Å². The second kappa shape index (κ2) is 4.53. The molecule has 4 nitrogen and oxygen atoms in total. The topological polar surface area (TPSA) is 57.2 Å². The van der Waals surface area contributed by atoms with Crippen molar-refractivity contribution in [3.05, 3.63) is 23.5 Å². The lowest BCUT2D eigenvalue weighted by Crippen LogP contribution is -2.36. The number of aromatic nitrogens is 1. The molecule has 2 rings (SSSR count). The number of hydrogen-bond donors (Lipinski definition) is 1. The summed E-state index contributed by atoms with van der Waals surface area (Å²) in [6, 6.07) is 1.96. The van der Waals surface area contributed by atoms with E-state index in [4.69, 9.17) is 10.5 Å². The Morgan fingerprint density at radius 3 is 2.76 bits per heavy atom. The Balaban J connectivity index is 2.30. The Hall–Kier alpha value is -1.29. The molecule has 1 fully saturated rings. The number of rotatable bonds is 4. The van der Waals surface area contributed by atoms with Gasteiger partial charge in [-0.25, -0.2) is 4.79 Å². The minimum atomic E-state index is -0.277. The third kappa shape index (κ3) is 1.97. The summed E-state index contributed by atoms with van der Waals surface area (Å²) in [7, 11) is 3.29. The van der Waals surface area contributed by atoms with Crippen LogP contribution >= 0.6 is 0 Å². The van der Waals surface area contributed by atoms with Gasteiger partial charge in [0.15, 0.2) is 0 Å². The summed E-state index contributed by atoms with van der Waals surface area (Å²) in [5, 5.41) is 0. The van der Waals surface area contributed by atoms with Crippen LogP contribution in [0, 0.1) is 0 Å². The molecule has 1 aliphatic rings. The number of ether oxygens (including phenoxy) is 1. The third-order valence-electron chi connectivity index (χ3n) is 3.95. The SMILES string of the molecule is COC(=O)c1cc(C2(CCN)CCC2)cn1C. The van der Waals surface area contributed by atoms with Crippen LogP contribution in [0.4, 0.5) is 0 Å². The van der Waals surface area contributed by atoms with Crippen LogP contribution in [0.25, 0.3) is 0 Å². The van der Waals surface area contributed by atoms with Gasteiger partial charge in [0.1, 0.15) is 5.69 Å². The molecule has 1 aromatic rings. The van der Waals surface area contributed by atoms with Crippen molar-refractivity contribution in [2.45, 2.75) is 31.1 Å². The molecule has 2 N–H and O–H groups in total. The summed E-state index contributed by atoms with van der Waals surface area (Å²) >= 11 is 0. The summed E-state index contributed by atoms with van der Waals surface area (Å²) in [5.41, 5.74) is 7.75. The van der Waals surface area contributed by atoms with Gasteiger partial charge in [-0.3, -0.25) is 0 Å². The number of methoxy groups -OCH3 is 1. The number of nitrogens with zero attached hydrogens (tertiary/aromatic N) is 1. The van der Waals surface area contributed by atoms with E-state index in [-0.39, 0.29) is 11.4 Å². The van der Waals surface area contributed by atoms with E-state index >= 15 is 0 Å². The lowest BCUT2D eigenvalue weighted by Gasteiger charge is -2.41. The first kappa shape index (κ1) is 12.2. The van der Waals surface area contributed by atoms with E-state index in [1.54, 1.807) is 0 Å². The zero-order chi connectivity index (χ0) is 12.5. The molecule has 94 valence electrons. The molecule has 0 aliphatic heterocycles. The summed E-state index contributed by atoms with van der Waals surface area (Å²) in [5.74, 6) is -0.277. The highest BCUT2D eigenvalue weighted by Gasteiger charge is 2.39. The highest BCUT2D eigenvalue weighted by Crippen LogP contribution is 2.46. The summed E-state index contributed by atoms with van der Waals surface area (Å²) in [4.78, 5) is 11.6. The Morgan fingerprint density at radius 1 is 1.59 bits per heavy atom. The Morgan fingerprint density at radius 2 is 2.29 bits per heavy atom. The fourth-order valence-corrected chi connectivity index (χ4v) is 2.72. The zero-order valence-corrected chi connectivity index (χ0v) is 10.5. The van der Waals surface area contributed by atoms with Gasteiger partial charge in [0.25, 0.3) is 0 Å². The number of nitrogens with two attached hydrogens (primary N) is 1. The van der Waals surface area contributed by atoms with Crippen molar-refractivity contribution in [2.75, 3.05) is 13.7 Å². The van der Waals surface area contributed by atoms with E-state index in [1.165, 1.54) is 31.9 Å². The van der Waals surface area contributed by atoms with Crippen LogP contribution in [0.1, 0.15) is 41.7 Å². The second-order valence-electron chi connectivity index (χ2n) is 4.89. The molecule has 17 heavy (non-hydrogen) atoms. The number of hydrogen-bond acceptors (Lipinski definition) is 3. The van der Waals surface area contributed by atoms with Crippen LogP contribution in [0.5, 0.6) is 0 Å². The fraction of sp³-hybridized carbons (Fsp3) is 0.615. The minimum Gasteiger partial charge on any atom is -0.464 e. The summed E-state index contributed by atoms with van der Waals surface area (Å²) < 4.78 is 6.62. The Bertz CT molecular complexity index is 419. The van der Waals surface area contributed by atoms with Crippen molar-refractivity contribution >= 4 is 5.97 Å². The van der Waals surface area contributed by atoms with Gasteiger partial charge < -0.3 is 15.0 Å². The maximum absolute atomic E-state index is 11.6. The first-order valence-corrected chi connectivity index (χ1v) is 6.08. The van der Waals surface area contributed by atoms with Crippen LogP contribution in [-0.2, 0) is 17.2 Å². The fourth-order valence-electron chi connectivity index (χ4n) is 2.72. The molecule has 1 saturated carbocycles. The molecule has 0 saturated heterocycles. The van der Waals surface area contributed by atoms with Gasteiger partial charge in [0, 0.05) is 13.2 Å². The van der Waals surface area contributed by atoms with Gasteiger partial charge in [0.2, 0.25) is 0 Å². The Kier molecular flexibility index (Phi) is 3.24. The van der Waals surface area contributed by atoms with Gasteiger partial charge in [-0.15, -0.1) is 0 Å². The normalized spacial score (nSPS) is 17.6. The molecule has 0 unspecified atom stereocenters.